The van der Waals surface area contributed by atoms with Gasteiger partial charge in [0.1, 0.15) is 6.61 Å². The average Bonchev–Trinajstić information content (AvgIpc) is 3.31. The smallest absolute Gasteiger partial charge is 0.303 e. The highest BCUT2D eigenvalue weighted by Crippen LogP contribution is 2.28. The minimum absolute atomic E-state index is 0.0709. The van der Waals surface area contributed by atoms with Gasteiger partial charge in [0, 0.05) is 19.5 Å². The zero-order valence-corrected chi connectivity index (χ0v) is 12.7. The first-order chi connectivity index (χ1) is 10.6. The summed E-state index contributed by atoms with van der Waals surface area (Å²) in [6, 6.07) is 9.71. The van der Waals surface area contributed by atoms with Gasteiger partial charge in [0.15, 0.2) is 0 Å². The van der Waals surface area contributed by atoms with Crippen molar-refractivity contribution in [1.29, 1.82) is 0 Å². The van der Waals surface area contributed by atoms with E-state index in [9.17, 15) is 9.59 Å². The van der Waals surface area contributed by atoms with Crippen LogP contribution in [0, 0.1) is 5.92 Å². The molecule has 0 aliphatic heterocycles. The van der Waals surface area contributed by atoms with Crippen LogP contribution in [0.4, 0.5) is 0 Å². The van der Waals surface area contributed by atoms with Crippen LogP contribution >= 0.6 is 0 Å². The van der Waals surface area contributed by atoms with Crippen LogP contribution in [-0.4, -0.2) is 41.6 Å². The molecule has 0 aromatic heterocycles. The van der Waals surface area contributed by atoms with Gasteiger partial charge in [-0.3, -0.25) is 9.59 Å². The fourth-order valence-electron chi connectivity index (χ4n) is 2.21. The Labute approximate surface area is 130 Å². The molecular formula is C17H23NO4. The summed E-state index contributed by atoms with van der Waals surface area (Å²) in [5.74, 6) is -0.283. The second-order valence-corrected chi connectivity index (χ2v) is 5.76. The lowest BCUT2D eigenvalue weighted by atomic mass is 10.2. The molecule has 1 N–H and O–H groups in total. The number of rotatable bonds is 10. The number of benzene rings is 1. The molecule has 5 heteroatoms. The lowest BCUT2D eigenvalue weighted by Crippen LogP contribution is -2.34. The van der Waals surface area contributed by atoms with Crippen molar-refractivity contribution in [2.24, 2.45) is 5.92 Å². The van der Waals surface area contributed by atoms with E-state index in [1.165, 1.54) is 12.8 Å². The first-order valence-corrected chi connectivity index (χ1v) is 7.76. The van der Waals surface area contributed by atoms with Gasteiger partial charge in [0.25, 0.3) is 0 Å². The van der Waals surface area contributed by atoms with Gasteiger partial charge in [-0.25, -0.2) is 0 Å². The van der Waals surface area contributed by atoms with Crippen LogP contribution in [0.3, 0.4) is 0 Å². The minimum atomic E-state index is -0.836. The largest absolute Gasteiger partial charge is 0.481 e. The van der Waals surface area contributed by atoms with E-state index in [1.807, 2.05) is 30.3 Å². The number of carboxylic acids is 1. The first kappa shape index (κ1) is 16.5. The topological polar surface area (TPSA) is 66.8 Å². The van der Waals surface area contributed by atoms with Gasteiger partial charge in [-0.1, -0.05) is 30.3 Å². The third-order valence-corrected chi connectivity index (χ3v) is 3.66. The summed E-state index contributed by atoms with van der Waals surface area (Å²) in [5, 5.41) is 8.74. The molecule has 1 aliphatic carbocycles. The summed E-state index contributed by atoms with van der Waals surface area (Å²) in [7, 11) is 0. The van der Waals surface area contributed by atoms with Crippen LogP contribution < -0.4 is 0 Å². The highest BCUT2D eigenvalue weighted by Gasteiger charge is 2.22. The second kappa shape index (κ2) is 8.54. The lowest BCUT2D eigenvalue weighted by Gasteiger charge is -2.22. The predicted octanol–water partition coefficient (Wildman–Crippen LogP) is 2.31. The molecule has 1 aliphatic rings. The Hall–Kier alpha value is -1.88. The standard InChI is InChI=1S/C17H23NO4/c19-16(13-22-12-15-8-9-15)18(10-4-7-17(20)21)11-14-5-2-1-3-6-14/h1-3,5-6,15H,4,7-13H2,(H,20,21). The zero-order valence-electron chi connectivity index (χ0n) is 12.7. The maximum absolute atomic E-state index is 12.3. The number of amides is 1. The molecule has 0 spiro atoms. The van der Waals surface area contributed by atoms with Crippen LogP contribution in [0.25, 0.3) is 0 Å². The van der Waals surface area contributed by atoms with Gasteiger partial charge >= 0.3 is 5.97 Å². The first-order valence-electron chi connectivity index (χ1n) is 7.76. The number of carbonyl (C=O) groups excluding carboxylic acids is 1. The molecule has 1 saturated carbocycles. The molecule has 0 unspecified atom stereocenters. The highest BCUT2D eigenvalue weighted by atomic mass is 16.5. The van der Waals surface area contributed by atoms with Crippen LogP contribution in [0.2, 0.25) is 0 Å². The molecule has 2 rings (SSSR count). The van der Waals surface area contributed by atoms with Crippen molar-refractivity contribution >= 4 is 11.9 Å². The third kappa shape index (κ3) is 6.26. The van der Waals surface area contributed by atoms with E-state index in [1.54, 1.807) is 4.90 Å². The van der Waals surface area contributed by atoms with Gasteiger partial charge < -0.3 is 14.7 Å². The molecule has 1 fully saturated rings. The number of carbonyl (C=O) groups is 2. The number of ether oxygens (including phenoxy) is 1. The van der Waals surface area contributed by atoms with E-state index in [0.29, 0.717) is 32.0 Å². The molecule has 0 radical (unpaired) electrons. The monoisotopic (exact) mass is 305 g/mol. The summed E-state index contributed by atoms with van der Waals surface area (Å²) in [6.07, 6.45) is 2.92. The Bertz CT molecular complexity index is 485. The maximum atomic E-state index is 12.3. The zero-order chi connectivity index (χ0) is 15.8. The third-order valence-electron chi connectivity index (χ3n) is 3.66. The van der Waals surface area contributed by atoms with Gasteiger partial charge in [-0.2, -0.15) is 0 Å². The molecule has 22 heavy (non-hydrogen) atoms. The van der Waals surface area contributed by atoms with Crippen molar-refractivity contribution in [3.63, 3.8) is 0 Å². The summed E-state index contributed by atoms with van der Waals surface area (Å²) >= 11 is 0. The van der Waals surface area contributed by atoms with Crippen LogP contribution in [0.1, 0.15) is 31.2 Å². The average molecular weight is 305 g/mol. The van der Waals surface area contributed by atoms with Crippen LogP contribution in [-0.2, 0) is 20.9 Å². The Kier molecular flexibility index (Phi) is 6.40. The van der Waals surface area contributed by atoms with Crippen molar-refractivity contribution in [2.45, 2.75) is 32.2 Å². The Morgan fingerprint density at radius 2 is 1.95 bits per heavy atom. The molecule has 1 amide bonds. The summed E-state index contributed by atoms with van der Waals surface area (Å²) in [6.45, 7) is 1.66. The highest BCUT2D eigenvalue weighted by molar-refractivity contribution is 5.77. The van der Waals surface area contributed by atoms with Crippen molar-refractivity contribution in [2.75, 3.05) is 19.8 Å². The molecule has 0 atom stereocenters. The molecular weight excluding hydrogens is 282 g/mol. The van der Waals surface area contributed by atoms with E-state index in [0.717, 1.165) is 5.56 Å². The fourth-order valence-corrected chi connectivity index (χ4v) is 2.21. The molecule has 120 valence electrons. The molecule has 5 nitrogen and oxygen atoms in total. The van der Waals surface area contributed by atoms with Crippen LogP contribution in [0.5, 0.6) is 0 Å². The predicted molar refractivity (Wildman–Crippen MR) is 82.3 cm³/mol. The number of carboxylic acid groups (broad SMARTS) is 1. The molecule has 1 aromatic carbocycles. The van der Waals surface area contributed by atoms with Crippen molar-refractivity contribution in [3.05, 3.63) is 35.9 Å². The van der Waals surface area contributed by atoms with Crippen molar-refractivity contribution in [3.8, 4) is 0 Å². The van der Waals surface area contributed by atoms with Crippen molar-refractivity contribution < 1.29 is 19.4 Å². The lowest BCUT2D eigenvalue weighted by molar-refractivity contribution is -0.139. The van der Waals surface area contributed by atoms with Gasteiger partial charge in [0.2, 0.25) is 5.91 Å². The molecule has 0 heterocycles. The molecule has 0 bridgehead atoms. The van der Waals surface area contributed by atoms with E-state index < -0.39 is 5.97 Å². The number of hydrogen-bond acceptors (Lipinski definition) is 3. The second-order valence-electron chi connectivity index (χ2n) is 5.76. The summed E-state index contributed by atoms with van der Waals surface area (Å²) in [5.41, 5.74) is 1.04. The maximum Gasteiger partial charge on any atom is 0.303 e. The van der Waals surface area contributed by atoms with Gasteiger partial charge in [-0.05, 0) is 30.7 Å². The Morgan fingerprint density at radius 3 is 2.59 bits per heavy atom. The minimum Gasteiger partial charge on any atom is -0.481 e. The molecule has 0 saturated heterocycles. The Morgan fingerprint density at radius 1 is 1.23 bits per heavy atom. The van der Waals surface area contributed by atoms with E-state index in [2.05, 4.69) is 0 Å². The SMILES string of the molecule is O=C(O)CCCN(Cc1ccccc1)C(=O)COCC1CC1. The van der Waals surface area contributed by atoms with Gasteiger partial charge in [-0.15, -0.1) is 0 Å². The van der Waals surface area contributed by atoms with Crippen LogP contribution in [0.15, 0.2) is 30.3 Å². The summed E-state index contributed by atoms with van der Waals surface area (Å²) < 4.78 is 5.46. The fraction of sp³-hybridized carbons (Fsp3) is 0.529. The van der Waals surface area contributed by atoms with Crippen molar-refractivity contribution in [1.82, 2.24) is 4.90 Å². The van der Waals surface area contributed by atoms with Gasteiger partial charge in [0.05, 0.1) is 6.61 Å². The van der Waals surface area contributed by atoms with E-state index in [-0.39, 0.29) is 18.9 Å². The van der Waals surface area contributed by atoms with E-state index >= 15 is 0 Å². The van der Waals surface area contributed by atoms with E-state index in [4.69, 9.17) is 9.84 Å². The normalized spacial score (nSPS) is 13.8. The molecule has 1 aromatic rings. The number of hydrogen-bond donors (Lipinski definition) is 1. The number of nitrogens with zero attached hydrogens (tertiary/aromatic N) is 1. The number of aliphatic carboxylic acids is 1. The summed E-state index contributed by atoms with van der Waals surface area (Å²) in [4.78, 5) is 24.6. The quantitative estimate of drug-likeness (QED) is 0.720. The Balaban J connectivity index is 1.84.